The van der Waals surface area contributed by atoms with Crippen LogP contribution in [0, 0.1) is 5.92 Å². The van der Waals surface area contributed by atoms with E-state index in [4.69, 9.17) is 23.7 Å². The van der Waals surface area contributed by atoms with Crippen molar-refractivity contribution in [1.82, 2.24) is 0 Å². The zero-order valence-corrected chi connectivity index (χ0v) is 36.4. The predicted molar refractivity (Wildman–Crippen MR) is 229 cm³/mol. The Hall–Kier alpha value is -3.01. The molecular formula is C48H80O9. The van der Waals surface area contributed by atoms with Gasteiger partial charge in [0.2, 0.25) is 0 Å². The Labute approximate surface area is 346 Å². The third-order valence-electron chi connectivity index (χ3n) is 9.79. The highest BCUT2D eigenvalue weighted by Gasteiger charge is 2.19. The number of unbranched alkanes of at least 4 members (excludes halogenated alkanes) is 11. The molecule has 1 unspecified atom stereocenters. The number of benzene rings is 1. The minimum absolute atomic E-state index is 0.0144. The molecule has 0 aliphatic heterocycles. The van der Waals surface area contributed by atoms with Crippen LogP contribution >= 0.6 is 0 Å². The number of aliphatic hydroxyl groups is 1. The smallest absolute Gasteiger partial charge is 0.308 e. The maximum absolute atomic E-state index is 12.8. The number of carbonyl (C=O) groups excluding carboxylic acids is 3. The Morgan fingerprint density at radius 2 is 1.07 bits per heavy atom. The summed E-state index contributed by atoms with van der Waals surface area (Å²) in [7, 11) is 0. The van der Waals surface area contributed by atoms with E-state index in [0.717, 1.165) is 108 Å². The van der Waals surface area contributed by atoms with Crippen LogP contribution in [0.4, 0.5) is 0 Å². The van der Waals surface area contributed by atoms with E-state index < -0.39 is 6.29 Å². The molecule has 0 aliphatic rings. The lowest BCUT2D eigenvalue weighted by Gasteiger charge is -2.18. The summed E-state index contributed by atoms with van der Waals surface area (Å²) >= 11 is 0. The van der Waals surface area contributed by atoms with Gasteiger partial charge in [-0.1, -0.05) is 115 Å². The summed E-state index contributed by atoms with van der Waals surface area (Å²) in [6, 6.07) is 5.41. The van der Waals surface area contributed by atoms with Gasteiger partial charge in [0.25, 0.3) is 0 Å². The first-order valence-corrected chi connectivity index (χ1v) is 22.6. The maximum Gasteiger partial charge on any atom is 0.308 e. The maximum atomic E-state index is 12.8. The van der Waals surface area contributed by atoms with Crippen molar-refractivity contribution in [2.45, 2.75) is 201 Å². The zero-order chi connectivity index (χ0) is 41.6. The molecule has 0 spiro atoms. The summed E-state index contributed by atoms with van der Waals surface area (Å²) < 4.78 is 28.8. The first kappa shape index (κ1) is 52.0. The van der Waals surface area contributed by atoms with Crippen molar-refractivity contribution in [3.63, 3.8) is 0 Å². The van der Waals surface area contributed by atoms with Crippen LogP contribution in [0.15, 0.2) is 42.5 Å². The van der Waals surface area contributed by atoms with Crippen molar-refractivity contribution < 1.29 is 43.2 Å². The summed E-state index contributed by atoms with van der Waals surface area (Å²) in [6.07, 6.45) is 29.1. The molecule has 1 rings (SSSR count). The summed E-state index contributed by atoms with van der Waals surface area (Å²) in [5.41, 5.74) is 2.09. The fourth-order valence-corrected chi connectivity index (χ4v) is 6.41. The van der Waals surface area contributed by atoms with Gasteiger partial charge in [-0.3, -0.25) is 14.4 Å². The van der Waals surface area contributed by atoms with Gasteiger partial charge in [0.05, 0.1) is 25.6 Å². The molecule has 9 nitrogen and oxygen atoms in total. The van der Waals surface area contributed by atoms with Gasteiger partial charge in [0, 0.05) is 26.1 Å². The summed E-state index contributed by atoms with van der Waals surface area (Å²) in [5.74, 6) is -0.674. The van der Waals surface area contributed by atoms with Crippen molar-refractivity contribution in [2.75, 3.05) is 19.8 Å². The van der Waals surface area contributed by atoms with E-state index in [1.807, 2.05) is 6.07 Å². The van der Waals surface area contributed by atoms with E-state index in [9.17, 15) is 19.5 Å². The van der Waals surface area contributed by atoms with Gasteiger partial charge >= 0.3 is 17.9 Å². The number of aliphatic hydroxyl groups excluding tert-OH is 1. The monoisotopic (exact) mass is 801 g/mol. The minimum atomic E-state index is -0.462. The molecule has 0 aromatic heterocycles. The highest BCUT2D eigenvalue weighted by molar-refractivity contribution is 5.72. The standard InChI is InChI=1S/C48H80O9/c1-5-9-13-16-19-24-32-53-47(54-33-25-20-17-14-10-6-2)31-30-46(51)57-40-43-36-41(38-49)35-42(37-43)39-56-45(50)29-23-18-21-26-34-55-48(52)44(27-12-8-4)28-22-15-11-7-3/h9-10,13-14,35-37,44,47,49H,5-8,11-12,15-34,38-40H2,1-4H3/b13-9-,14-10-. The van der Waals surface area contributed by atoms with E-state index in [-0.39, 0.29) is 50.1 Å². The van der Waals surface area contributed by atoms with Crippen molar-refractivity contribution in [3.05, 3.63) is 59.2 Å². The molecule has 9 heteroatoms. The van der Waals surface area contributed by atoms with Crippen molar-refractivity contribution >= 4 is 17.9 Å². The van der Waals surface area contributed by atoms with E-state index in [1.54, 1.807) is 12.1 Å². The number of esters is 3. The zero-order valence-electron chi connectivity index (χ0n) is 36.4. The SMILES string of the molecule is CC/C=C\CCCCOC(CCC(=O)OCc1cc(CO)cc(COC(=O)CCCCCCOC(=O)C(CCCC)CCCCCC)c1)OCCCC/C=C\CC. The highest BCUT2D eigenvalue weighted by Crippen LogP contribution is 2.20. The third kappa shape index (κ3) is 29.8. The molecular weight excluding hydrogens is 721 g/mol. The van der Waals surface area contributed by atoms with Gasteiger partial charge in [-0.2, -0.15) is 0 Å². The van der Waals surface area contributed by atoms with E-state index in [0.29, 0.717) is 50.2 Å². The molecule has 1 aromatic rings. The molecule has 0 saturated carbocycles. The Bertz CT molecular complexity index is 1190. The second-order valence-electron chi connectivity index (χ2n) is 15.1. The van der Waals surface area contributed by atoms with Crippen molar-refractivity contribution in [3.8, 4) is 0 Å². The fraction of sp³-hybridized carbons (Fsp3) is 0.729. The molecule has 1 atom stereocenters. The second kappa shape index (κ2) is 37.3. The molecule has 0 amide bonds. The number of ether oxygens (including phenoxy) is 5. The third-order valence-corrected chi connectivity index (χ3v) is 9.79. The molecule has 0 heterocycles. The molecule has 1 N–H and O–H groups in total. The van der Waals surface area contributed by atoms with Crippen LogP contribution in [-0.2, 0) is 57.9 Å². The Kier molecular flexibility index (Phi) is 34.0. The lowest BCUT2D eigenvalue weighted by atomic mass is 9.95. The lowest BCUT2D eigenvalue weighted by molar-refractivity contribution is -0.160. The van der Waals surface area contributed by atoms with E-state index in [2.05, 4.69) is 52.0 Å². The van der Waals surface area contributed by atoms with Crippen LogP contribution in [-0.4, -0.2) is 49.1 Å². The first-order valence-electron chi connectivity index (χ1n) is 22.6. The molecule has 0 bridgehead atoms. The van der Waals surface area contributed by atoms with Gasteiger partial charge in [-0.25, -0.2) is 0 Å². The van der Waals surface area contributed by atoms with Crippen LogP contribution in [0.5, 0.6) is 0 Å². The number of carbonyl (C=O) groups is 3. The van der Waals surface area contributed by atoms with Crippen LogP contribution in [0.3, 0.4) is 0 Å². The number of hydrogen-bond donors (Lipinski definition) is 1. The average Bonchev–Trinajstić information content (AvgIpc) is 3.22. The Balaban J connectivity index is 2.45. The number of allylic oxidation sites excluding steroid dienone is 4. The predicted octanol–water partition coefficient (Wildman–Crippen LogP) is 11.9. The van der Waals surface area contributed by atoms with Crippen LogP contribution in [0.2, 0.25) is 0 Å². The molecule has 0 radical (unpaired) electrons. The van der Waals surface area contributed by atoms with Crippen LogP contribution < -0.4 is 0 Å². The van der Waals surface area contributed by atoms with Crippen LogP contribution in [0.1, 0.15) is 192 Å². The topological polar surface area (TPSA) is 118 Å². The quantitative estimate of drug-likeness (QED) is 0.0229. The molecule has 57 heavy (non-hydrogen) atoms. The number of hydrogen-bond acceptors (Lipinski definition) is 9. The molecule has 1 aromatic carbocycles. The van der Waals surface area contributed by atoms with Crippen molar-refractivity contribution in [1.29, 1.82) is 0 Å². The van der Waals surface area contributed by atoms with Gasteiger partial charge in [-0.15, -0.1) is 0 Å². The summed E-state index contributed by atoms with van der Waals surface area (Å²) in [4.78, 5) is 37.9. The number of rotatable bonds is 38. The average molecular weight is 801 g/mol. The minimum Gasteiger partial charge on any atom is -0.465 e. The molecule has 0 saturated heterocycles. The Morgan fingerprint density at radius 1 is 0.544 bits per heavy atom. The van der Waals surface area contributed by atoms with Gasteiger partial charge < -0.3 is 28.8 Å². The van der Waals surface area contributed by atoms with Gasteiger partial charge in [-0.05, 0) is 99.8 Å². The van der Waals surface area contributed by atoms with Crippen molar-refractivity contribution in [2.24, 2.45) is 5.92 Å². The summed E-state index contributed by atoms with van der Waals surface area (Å²) in [5, 5.41) is 9.84. The Morgan fingerprint density at radius 3 is 1.65 bits per heavy atom. The first-order chi connectivity index (χ1) is 27.9. The second-order valence-corrected chi connectivity index (χ2v) is 15.1. The molecule has 0 fully saturated rings. The van der Waals surface area contributed by atoms with E-state index >= 15 is 0 Å². The largest absolute Gasteiger partial charge is 0.465 e. The lowest BCUT2D eigenvalue weighted by Crippen LogP contribution is -2.21. The summed E-state index contributed by atoms with van der Waals surface area (Å²) in [6.45, 7) is 10.1. The fourth-order valence-electron chi connectivity index (χ4n) is 6.41. The van der Waals surface area contributed by atoms with Crippen LogP contribution in [0.25, 0.3) is 0 Å². The van der Waals surface area contributed by atoms with E-state index in [1.165, 1.54) is 19.3 Å². The van der Waals surface area contributed by atoms with Gasteiger partial charge in [0.1, 0.15) is 13.2 Å². The highest BCUT2D eigenvalue weighted by atomic mass is 16.7. The normalized spacial score (nSPS) is 12.2. The van der Waals surface area contributed by atoms with Gasteiger partial charge in [0.15, 0.2) is 6.29 Å². The molecule has 326 valence electrons. The molecule has 0 aliphatic carbocycles.